The van der Waals surface area contributed by atoms with Crippen LogP contribution in [0.3, 0.4) is 0 Å². The quantitative estimate of drug-likeness (QED) is 0.314. The third-order valence-electron chi connectivity index (χ3n) is 8.96. The molecule has 2 unspecified atom stereocenters. The van der Waals surface area contributed by atoms with E-state index in [0.29, 0.717) is 18.3 Å². The molecule has 2 saturated carbocycles. The Bertz CT molecular complexity index is 1020. The Morgan fingerprint density at radius 2 is 1.84 bits per heavy atom. The van der Waals surface area contributed by atoms with Crippen LogP contribution >= 0.6 is 15.9 Å². The number of rotatable bonds is 2. The molecule has 31 heavy (non-hydrogen) atoms. The molecule has 0 radical (unpaired) electrons. The van der Waals surface area contributed by atoms with Gasteiger partial charge in [0.2, 0.25) is 0 Å². The maximum atomic E-state index is 12.4. The lowest BCUT2D eigenvalue weighted by atomic mass is 9.51. The molecule has 0 amide bonds. The fourth-order valence-electron chi connectivity index (χ4n) is 7.11. The van der Waals surface area contributed by atoms with E-state index in [4.69, 9.17) is 5.21 Å². The first-order valence-corrected chi connectivity index (χ1v) is 12.2. The molecule has 0 heterocycles. The standard InChI is InChI=1S/C26H30BrNO3/c1-25-13-20(16-5-3-15(4-6-16)14-28-31)23-17-9-10-22(29)24(27)18(17)7-8-19(23)21(25)11-12-26(25,2)30/h3-6,14,19-21,30-31H,7-13H2,1-2H3/b28-14+/t19?,20-,21?,25+,26+/m1/s1. The van der Waals surface area contributed by atoms with Crippen LogP contribution in [0.1, 0.15) is 75.8 Å². The number of hydrogen-bond acceptors (Lipinski definition) is 4. The summed E-state index contributed by atoms with van der Waals surface area (Å²) in [4.78, 5) is 12.4. The summed E-state index contributed by atoms with van der Waals surface area (Å²) in [6, 6.07) is 8.27. The summed E-state index contributed by atoms with van der Waals surface area (Å²) in [7, 11) is 0. The monoisotopic (exact) mass is 483 g/mol. The second-order valence-corrected chi connectivity index (χ2v) is 11.1. The summed E-state index contributed by atoms with van der Waals surface area (Å²) in [6.45, 7) is 4.34. The van der Waals surface area contributed by atoms with Gasteiger partial charge in [0.05, 0.1) is 16.3 Å². The molecule has 1 aromatic carbocycles. The maximum absolute atomic E-state index is 12.4. The summed E-state index contributed by atoms with van der Waals surface area (Å²) >= 11 is 3.62. The number of Topliss-reactive ketones (excluding diaryl/α,β-unsaturated/α-hetero) is 1. The van der Waals surface area contributed by atoms with Gasteiger partial charge in [0.1, 0.15) is 0 Å². The van der Waals surface area contributed by atoms with E-state index >= 15 is 0 Å². The van der Waals surface area contributed by atoms with Crippen molar-refractivity contribution in [2.24, 2.45) is 22.4 Å². The van der Waals surface area contributed by atoms with Gasteiger partial charge in [-0.15, -0.1) is 0 Å². The lowest BCUT2D eigenvalue weighted by Crippen LogP contribution is -2.50. The molecule has 1 aromatic rings. The van der Waals surface area contributed by atoms with E-state index in [-0.39, 0.29) is 17.1 Å². The van der Waals surface area contributed by atoms with Crippen molar-refractivity contribution in [3.63, 3.8) is 0 Å². The third kappa shape index (κ3) is 3.11. The molecule has 0 bridgehead atoms. The predicted octanol–water partition coefficient (Wildman–Crippen LogP) is 5.87. The topological polar surface area (TPSA) is 69.9 Å². The fraction of sp³-hybridized carbons (Fsp3) is 0.538. The number of nitrogens with zero attached hydrogens (tertiary/aromatic N) is 1. The lowest BCUT2D eigenvalue weighted by molar-refractivity contribution is -0.115. The van der Waals surface area contributed by atoms with Crippen LogP contribution in [0.4, 0.5) is 0 Å². The van der Waals surface area contributed by atoms with Gasteiger partial charge >= 0.3 is 0 Å². The summed E-state index contributed by atoms with van der Waals surface area (Å²) in [5, 5.41) is 23.4. The third-order valence-corrected chi connectivity index (χ3v) is 9.88. The molecular formula is C26H30BrNO3. The molecule has 5 atom stereocenters. The van der Waals surface area contributed by atoms with Crippen LogP contribution < -0.4 is 0 Å². The molecular weight excluding hydrogens is 454 g/mol. The minimum absolute atomic E-state index is 0.124. The van der Waals surface area contributed by atoms with E-state index < -0.39 is 5.60 Å². The van der Waals surface area contributed by atoms with Gasteiger partial charge in [-0.1, -0.05) is 41.9 Å². The number of fused-ring (bicyclic) bond motifs is 4. The molecule has 2 fully saturated rings. The summed E-state index contributed by atoms with van der Waals surface area (Å²) in [5.74, 6) is 1.41. The minimum atomic E-state index is -0.658. The molecule has 0 aliphatic heterocycles. The highest BCUT2D eigenvalue weighted by molar-refractivity contribution is 9.12. The average molecular weight is 484 g/mol. The number of ketones is 1. The van der Waals surface area contributed by atoms with E-state index in [2.05, 4.69) is 40.1 Å². The van der Waals surface area contributed by atoms with Gasteiger partial charge < -0.3 is 10.3 Å². The summed E-state index contributed by atoms with van der Waals surface area (Å²) in [5.41, 5.74) is 5.49. The predicted molar refractivity (Wildman–Crippen MR) is 125 cm³/mol. The average Bonchev–Trinajstić information content (AvgIpc) is 2.99. The zero-order valence-corrected chi connectivity index (χ0v) is 19.8. The number of benzene rings is 1. The van der Waals surface area contributed by atoms with Crippen molar-refractivity contribution >= 4 is 27.9 Å². The zero-order chi connectivity index (χ0) is 22.0. The number of carbonyl (C=O) groups is 1. The number of oxime groups is 1. The van der Waals surface area contributed by atoms with Crippen molar-refractivity contribution in [1.29, 1.82) is 0 Å². The van der Waals surface area contributed by atoms with Crippen molar-refractivity contribution in [3.8, 4) is 0 Å². The smallest absolute Gasteiger partial charge is 0.170 e. The fourth-order valence-corrected chi connectivity index (χ4v) is 7.75. The van der Waals surface area contributed by atoms with Gasteiger partial charge in [0.15, 0.2) is 5.78 Å². The number of carbonyl (C=O) groups excluding carboxylic acids is 1. The SMILES string of the molecule is C[C@]1(O)CCC2C3CCC4=C(Br)C(=O)CCC4=C3[C@@H](c3ccc(/C=N/O)cc3)C[C@@]21C. The first-order valence-electron chi connectivity index (χ1n) is 11.4. The van der Waals surface area contributed by atoms with Gasteiger partial charge in [-0.05, 0) is 95.5 Å². The number of hydrogen-bond donors (Lipinski definition) is 2. The first-order chi connectivity index (χ1) is 14.8. The van der Waals surface area contributed by atoms with Gasteiger partial charge in [0, 0.05) is 17.8 Å². The van der Waals surface area contributed by atoms with Crippen molar-refractivity contribution < 1.29 is 15.1 Å². The highest BCUT2D eigenvalue weighted by Crippen LogP contribution is 2.66. The first kappa shape index (κ1) is 21.1. The highest BCUT2D eigenvalue weighted by Gasteiger charge is 2.61. The second kappa shape index (κ2) is 7.41. The molecule has 5 rings (SSSR count). The molecule has 0 aromatic heterocycles. The van der Waals surface area contributed by atoms with Crippen LogP contribution in [0.5, 0.6) is 0 Å². The Labute approximate surface area is 192 Å². The van der Waals surface area contributed by atoms with Crippen molar-refractivity contribution in [3.05, 3.63) is 56.6 Å². The van der Waals surface area contributed by atoms with Crippen LogP contribution in [0.25, 0.3) is 0 Å². The normalized spacial score (nSPS) is 37.8. The molecule has 0 spiro atoms. The van der Waals surface area contributed by atoms with Crippen LogP contribution in [0.15, 0.2) is 50.6 Å². The highest BCUT2D eigenvalue weighted by atomic mass is 79.9. The van der Waals surface area contributed by atoms with E-state index in [1.165, 1.54) is 28.5 Å². The number of aliphatic hydroxyl groups is 1. The van der Waals surface area contributed by atoms with E-state index in [1.54, 1.807) is 0 Å². The Balaban J connectivity index is 1.68. The number of allylic oxidation sites excluding steroid dienone is 4. The summed E-state index contributed by atoms with van der Waals surface area (Å²) in [6.07, 6.45) is 7.71. The second-order valence-electron chi connectivity index (χ2n) is 10.3. The zero-order valence-electron chi connectivity index (χ0n) is 18.2. The van der Waals surface area contributed by atoms with Gasteiger partial charge in [-0.3, -0.25) is 4.79 Å². The molecule has 2 N–H and O–H groups in total. The Hall–Kier alpha value is -1.72. The van der Waals surface area contributed by atoms with Crippen LogP contribution in [0, 0.1) is 17.3 Å². The van der Waals surface area contributed by atoms with Crippen LogP contribution in [0.2, 0.25) is 0 Å². The van der Waals surface area contributed by atoms with Crippen molar-refractivity contribution in [2.75, 3.05) is 0 Å². The molecule has 164 valence electrons. The van der Waals surface area contributed by atoms with Crippen molar-refractivity contribution in [2.45, 2.75) is 70.3 Å². The Kier molecular flexibility index (Phi) is 5.06. The summed E-state index contributed by atoms with van der Waals surface area (Å²) < 4.78 is 0.791. The van der Waals surface area contributed by atoms with E-state index in [9.17, 15) is 9.90 Å². The molecule has 4 nitrogen and oxygen atoms in total. The minimum Gasteiger partial charge on any atom is -0.411 e. The largest absolute Gasteiger partial charge is 0.411 e. The van der Waals surface area contributed by atoms with E-state index in [0.717, 1.165) is 48.6 Å². The van der Waals surface area contributed by atoms with E-state index in [1.807, 2.05) is 19.1 Å². The van der Waals surface area contributed by atoms with Gasteiger partial charge in [0.25, 0.3) is 0 Å². The van der Waals surface area contributed by atoms with Gasteiger partial charge in [-0.25, -0.2) is 0 Å². The molecule has 4 aliphatic rings. The Morgan fingerprint density at radius 3 is 2.55 bits per heavy atom. The molecule has 0 saturated heterocycles. The maximum Gasteiger partial charge on any atom is 0.170 e. The van der Waals surface area contributed by atoms with Crippen LogP contribution in [-0.2, 0) is 4.79 Å². The van der Waals surface area contributed by atoms with Crippen LogP contribution in [-0.4, -0.2) is 27.9 Å². The Morgan fingerprint density at radius 1 is 1.10 bits per heavy atom. The van der Waals surface area contributed by atoms with Crippen molar-refractivity contribution in [1.82, 2.24) is 0 Å². The number of halogens is 1. The van der Waals surface area contributed by atoms with Gasteiger partial charge in [-0.2, -0.15) is 0 Å². The molecule has 5 heteroatoms. The lowest BCUT2D eigenvalue weighted by Gasteiger charge is -2.54. The molecule has 4 aliphatic carbocycles.